The van der Waals surface area contributed by atoms with Gasteiger partial charge in [-0.05, 0) is 85.9 Å². The number of aliphatic hydroxyl groups is 1. The number of carbonyl (C=O) groups excluding carboxylic acids is 2. The molecule has 176 valence electrons. The lowest BCUT2D eigenvalue weighted by Gasteiger charge is -2.26. The lowest BCUT2D eigenvalue weighted by atomic mass is 9.95. The van der Waals surface area contributed by atoms with Crippen LogP contribution in [0.4, 0.5) is 0 Å². The molecule has 2 aromatic carbocycles. The average molecular weight is 562 g/mol. The molecule has 1 fully saturated rings. The predicted octanol–water partition coefficient (Wildman–Crippen LogP) is 4.84. The Kier molecular flexibility index (Phi) is 8.91. The van der Waals surface area contributed by atoms with Crippen molar-refractivity contribution in [2.24, 2.45) is 0 Å². The van der Waals surface area contributed by atoms with Gasteiger partial charge in [0.15, 0.2) is 0 Å². The monoisotopic (exact) mass is 562 g/mol. The van der Waals surface area contributed by atoms with E-state index in [1.54, 1.807) is 23.1 Å². The number of amides is 1. The number of ether oxygens (including phenoxy) is 1. The number of carbonyl (C=O) groups is 2. The fraction of sp³-hybridized carbons (Fsp3) is 0.385. The molecule has 1 aliphatic rings. The van der Waals surface area contributed by atoms with Crippen LogP contribution >= 0.6 is 22.6 Å². The summed E-state index contributed by atoms with van der Waals surface area (Å²) in [4.78, 5) is 29.8. The Hall–Kier alpha value is -2.39. The summed E-state index contributed by atoms with van der Waals surface area (Å²) in [7, 11) is 3.95. The van der Waals surface area contributed by atoms with Crippen LogP contribution in [0.1, 0.15) is 43.4 Å². The third kappa shape index (κ3) is 6.14. The molecule has 0 saturated carbocycles. The second-order valence-corrected chi connectivity index (χ2v) is 9.68. The number of halogens is 1. The zero-order valence-electron chi connectivity index (χ0n) is 19.4. The van der Waals surface area contributed by atoms with E-state index in [0.717, 1.165) is 34.9 Å². The van der Waals surface area contributed by atoms with Crippen molar-refractivity contribution in [1.29, 1.82) is 0 Å². The molecule has 1 N–H and O–H groups in total. The summed E-state index contributed by atoms with van der Waals surface area (Å²) in [5.74, 6) is -0.779. The summed E-state index contributed by atoms with van der Waals surface area (Å²) in [6, 6.07) is 14.1. The van der Waals surface area contributed by atoms with Crippen LogP contribution in [0.2, 0.25) is 0 Å². The topological polar surface area (TPSA) is 70.1 Å². The minimum Gasteiger partial charge on any atom is -0.507 e. The Labute approximate surface area is 209 Å². The van der Waals surface area contributed by atoms with Gasteiger partial charge >= 0.3 is 0 Å². The van der Waals surface area contributed by atoms with Crippen molar-refractivity contribution < 1.29 is 19.4 Å². The first-order valence-corrected chi connectivity index (χ1v) is 12.3. The van der Waals surface area contributed by atoms with Gasteiger partial charge in [-0.2, -0.15) is 0 Å². The van der Waals surface area contributed by atoms with Crippen LogP contribution in [0.3, 0.4) is 0 Å². The highest BCUT2D eigenvalue weighted by atomic mass is 127. The largest absolute Gasteiger partial charge is 0.507 e. The van der Waals surface area contributed by atoms with E-state index >= 15 is 0 Å². The Morgan fingerprint density at radius 2 is 1.85 bits per heavy atom. The summed E-state index contributed by atoms with van der Waals surface area (Å²) in [6.45, 7) is 3.89. The molecule has 33 heavy (non-hydrogen) atoms. The van der Waals surface area contributed by atoms with E-state index in [2.05, 4.69) is 29.5 Å². The van der Waals surface area contributed by atoms with Crippen LogP contribution in [0.5, 0.6) is 5.75 Å². The third-order valence-electron chi connectivity index (χ3n) is 5.60. The summed E-state index contributed by atoms with van der Waals surface area (Å²) >= 11 is 2.22. The van der Waals surface area contributed by atoms with Gasteiger partial charge < -0.3 is 19.6 Å². The molecule has 7 heteroatoms. The first-order chi connectivity index (χ1) is 15.8. The molecule has 0 aromatic heterocycles. The van der Waals surface area contributed by atoms with Gasteiger partial charge in [-0.3, -0.25) is 9.59 Å². The fourth-order valence-corrected chi connectivity index (χ4v) is 4.24. The highest BCUT2D eigenvalue weighted by molar-refractivity contribution is 14.1. The van der Waals surface area contributed by atoms with Gasteiger partial charge in [0.2, 0.25) is 0 Å². The molecule has 1 atom stereocenters. The van der Waals surface area contributed by atoms with Crippen LogP contribution in [0.25, 0.3) is 5.76 Å². The number of rotatable bonds is 10. The van der Waals surface area contributed by atoms with E-state index in [1.165, 1.54) is 0 Å². The first kappa shape index (κ1) is 25.2. The average Bonchev–Trinajstić information content (AvgIpc) is 3.04. The van der Waals surface area contributed by atoms with E-state index in [4.69, 9.17) is 4.74 Å². The van der Waals surface area contributed by atoms with Crippen LogP contribution < -0.4 is 4.74 Å². The quantitative estimate of drug-likeness (QED) is 0.148. The maximum atomic E-state index is 13.1. The van der Waals surface area contributed by atoms with Gasteiger partial charge in [-0.1, -0.05) is 37.6 Å². The van der Waals surface area contributed by atoms with E-state index in [0.29, 0.717) is 24.5 Å². The number of unbranched alkanes of at least 4 members (excludes halogenated alkanes) is 1. The van der Waals surface area contributed by atoms with E-state index in [-0.39, 0.29) is 11.3 Å². The third-order valence-corrected chi connectivity index (χ3v) is 6.32. The molecule has 1 heterocycles. The van der Waals surface area contributed by atoms with Crippen molar-refractivity contribution in [2.45, 2.75) is 32.2 Å². The molecule has 1 aliphatic heterocycles. The number of likely N-dealkylation sites (tertiary alicyclic amines) is 1. The summed E-state index contributed by atoms with van der Waals surface area (Å²) in [6.07, 6.45) is 2.68. The minimum absolute atomic E-state index is 0.122. The van der Waals surface area contributed by atoms with Gasteiger partial charge in [-0.25, -0.2) is 0 Å². The Morgan fingerprint density at radius 3 is 2.52 bits per heavy atom. The van der Waals surface area contributed by atoms with Crippen molar-refractivity contribution in [3.63, 3.8) is 0 Å². The molecule has 0 aliphatic carbocycles. The van der Waals surface area contributed by atoms with Gasteiger partial charge in [0, 0.05) is 15.7 Å². The van der Waals surface area contributed by atoms with Crippen LogP contribution in [0.15, 0.2) is 54.1 Å². The predicted molar refractivity (Wildman–Crippen MR) is 138 cm³/mol. The van der Waals surface area contributed by atoms with E-state index in [1.807, 2.05) is 49.3 Å². The van der Waals surface area contributed by atoms with E-state index in [9.17, 15) is 14.7 Å². The van der Waals surface area contributed by atoms with Crippen molar-refractivity contribution in [2.75, 3.05) is 33.8 Å². The maximum Gasteiger partial charge on any atom is 0.295 e. The van der Waals surface area contributed by atoms with Crippen molar-refractivity contribution >= 4 is 40.0 Å². The molecule has 3 rings (SSSR count). The van der Waals surface area contributed by atoms with Gasteiger partial charge in [-0.15, -0.1) is 0 Å². The summed E-state index contributed by atoms with van der Waals surface area (Å²) < 4.78 is 6.82. The SMILES string of the molecule is CCCCOc1cccc(/C(O)=C2\C(=O)C(=O)N(CCCN(C)C)C2c2ccc(I)cc2)c1. The zero-order chi connectivity index (χ0) is 24.0. The number of aliphatic hydroxyl groups excluding tert-OH is 1. The van der Waals surface area contributed by atoms with Crippen molar-refractivity contribution in [3.05, 3.63) is 68.8 Å². The molecule has 0 bridgehead atoms. The Balaban J connectivity index is 2.02. The van der Waals surface area contributed by atoms with Gasteiger partial charge in [0.1, 0.15) is 11.5 Å². The molecule has 6 nitrogen and oxygen atoms in total. The molecule has 1 unspecified atom stereocenters. The minimum atomic E-state index is -0.654. The number of nitrogens with zero attached hydrogens (tertiary/aromatic N) is 2. The number of benzene rings is 2. The second-order valence-electron chi connectivity index (χ2n) is 8.43. The number of ketones is 1. The molecule has 1 amide bonds. The molecular formula is C26H31IN2O4. The van der Waals surface area contributed by atoms with Crippen LogP contribution in [0, 0.1) is 3.57 Å². The normalized spacial score (nSPS) is 17.7. The number of Topliss-reactive ketones (excluding diaryl/α,β-unsaturated/α-hetero) is 1. The molecule has 0 radical (unpaired) electrons. The van der Waals surface area contributed by atoms with E-state index < -0.39 is 17.7 Å². The highest BCUT2D eigenvalue weighted by Crippen LogP contribution is 2.40. The summed E-state index contributed by atoms with van der Waals surface area (Å²) in [5, 5.41) is 11.2. The highest BCUT2D eigenvalue weighted by Gasteiger charge is 2.45. The van der Waals surface area contributed by atoms with Gasteiger partial charge in [0.05, 0.1) is 18.2 Å². The van der Waals surface area contributed by atoms with Crippen molar-refractivity contribution in [3.8, 4) is 5.75 Å². The van der Waals surface area contributed by atoms with Crippen LogP contribution in [-0.2, 0) is 9.59 Å². The first-order valence-electron chi connectivity index (χ1n) is 11.2. The van der Waals surface area contributed by atoms with Gasteiger partial charge in [0.25, 0.3) is 11.7 Å². The molecule has 2 aromatic rings. The zero-order valence-corrected chi connectivity index (χ0v) is 21.5. The fourth-order valence-electron chi connectivity index (χ4n) is 3.88. The second kappa shape index (κ2) is 11.7. The van der Waals surface area contributed by atoms with Crippen molar-refractivity contribution in [1.82, 2.24) is 9.80 Å². The molecule has 0 spiro atoms. The maximum absolute atomic E-state index is 13.1. The standard InChI is InChI=1S/C26H31IN2O4/c1-4-5-16-33-21-9-6-8-19(17-21)24(30)22-23(18-10-12-20(27)13-11-18)29(26(32)25(22)31)15-7-14-28(2)3/h6,8-13,17,23,30H,4-5,7,14-16H2,1-3H3/b24-22+. The molecule has 1 saturated heterocycles. The Morgan fingerprint density at radius 1 is 1.12 bits per heavy atom. The number of hydrogen-bond donors (Lipinski definition) is 1. The molecular weight excluding hydrogens is 531 g/mol. The van der Waals surface area contributed by atoms with Crippen LogP contribution in [-0.4, -0.2) is 60.4 Å². The smallest absolute Gasteiger partial charge is 0.295 e. The lowest BCUT2D eigenvalue weighted by Crippen LogP contribution is -2.32. The Bertz CT molecular complexity index is 1020. The number of hydrogen-bond acceptors (Lipinski definition) is 5. The summed E-state index contributed by atoms with van der Waals surface area (Å²) in [5.41, 5.74) is 1.39. The lowest BCUT2D eigenvalue weighted by molar-refractivity contribution is -0.139.